The van der Waals surface area contributed by atoms with Crippen LogP contribution in [-0.4, -0.2) is 38.6 Å². The van der Waals surface area contributed by atoms with Gasteiger partial charge in [-0.3, -0.25) is 4.79 Å². The monoisotopic (exact) mass is 445 g/mol. The van der Waals surface area contributed by atoms with Crippen LogP contribution in [0, 0.1) is 13.8 Å². The molecule has 0 aromatic heterocycles. The van der Waals surface area contributed by atoms with Crippen molar-refractivity contribution in [3.8, 4) is 0 Å². The molecule has 0 fully saturated rings. The number of rotatable bonds is 5. The standard InChI is InChI=1S/C29H39N3O/c1-19-14-21-16-25-20(2)24-10-8-12-32(7)27(24)18-23(25)15-22(21)17-26(19)31(6)13-9-11-28(33)30-29(3,4)5/h14-18H,8-13H2,1-7H3,(H,30,33). The number of carbonyl (C=O) groups is 1. The molecule has 4 heteroatoms. The van der Waals surface area contributed by atoms with E-state index in [0.29, 0.717) is 6.42 Å². The quantitative estimate of drug-likeness (QED) is 0.480. The fraction of sp³-hybridized carbons (Fsp3) is 0.483. The average molecular weight is 446 g/mol. The Bertz CT molecular complexity index is 1210. The molecule has 0 unspecified atom stereocenters. The second-order valence-electron chi connectivity index (χ2n) is 10.9. The molecule has 0 bridgehead atoms. The van der Waals surface area contributed by atoms with Gasteiger partial charge < -0.3 is 15.1 Å². The SMILES string of the molecule is Cc1cc2cc3c(C)c4c(cc3cc2cc1N(C)CCCC(=O)NC(C)(C)C)N(C)CCC4. The Kier molecular flexibility index (Phi) is 6.30. The van der Waals surface area contributed by atoms with Crippen molar-refractivity contribution in [3.63, 3.8) is 0 Å². The number of nitrogens with one attached hydrogen (secondary N) is 1. The molecule has 0 aliphatic carbocycles. The van der Waals surface area contributed by atoms with Gasteiger partial charge in [0.25, 0.3) is 0 Å². The summed E-state index contributed by atoms with van der Waals surface area (Å²) in [6, 6.07) is 11.7. The van der Waals surface area contributed by atoms with Crippen molar-refractivity contribution >= 4 is 38.8 Å². The van der Waals surface area contributed by atoms with E-state index in [9.17, 15) is 4.79 Å². The zero-order chi connectivity index (χ0) is 23.9. The lowest BCUT2D eigenvalue weighted by Gasteiger charge is -2.30. The maximum absolute atomic E-state index is 12.2. The van der Waals surface area contributed by atoms with Gasteiger partial charge in [0.15, 0.2) is 0 Å². The fourth-order valence-corrected chi connectivity index (χ4v) is 5.26. The predicted octanol–water partition coefficient (Wildman–Crippen LogP) is 6.12. The summed E-state index contributed by atoms with van der Waals surface area (Å²) in [6.45, 7) is 12.5. The Labute approximate surface area is 198 Å². The smallest absolute Gasteiger partial charge is 0.220 e. The van der Waals surface area contributed by atoms with Crippen molar-refractivity contribution < 1.29 is 4.79 Å². The van der Waals surface area contributed by atoms with Crippen molar-refractivity contribution in [1.29, 1.82) is 0 Å². The highest BCUT2D eigenvalue weighted by Crippen LogP contribution is 2.37. The molecule has 1 N–H and O–H groups in total. The molecule has 3 aromatic carbocycles. The van der Waals surface area contributed by atoms with E-state index >= 15 is 0 Å². The third-order valence-electron chi connectivity index (χ3n) is 6.94. The van der Waals surface area contributed by atoms with Crippen LogP contribution in [0.15, 0.2) is 30.3 Å². The summed E-state index contributed by atoms with van der Waals surface area (Å²) in [5, 5.41) is 8.33. The Hall–Kier alpha value is -2.75. The van der Waals surface area contributed by atoms with Gasteiger partial charge in [0.1, 0.15) is 0 Å². The average Bonchev–Trinajstić information content (AvgIpc) is 2.72. The zero-order valence-electron chi connectivity index (χ0n) is 21.4. The first-order valence-corrected chi connectivity index (χ1v) is 12.3. The summed E-state index contributed by atoms with van der Waals surface area (Å²) < 4.78 is 0. The third kappa shape index (κ3) is 4.95. The van der Waals surface area contributed by atoms with Crippen LogP contribution in [0.4, 0.5) is 11.4 Å². The highest BCUT2D eigenvalue weighted by atomic mass is 16.1. The van der Waals surface area contributed by atoms with Gasteiger partial charge in [-0.25, -0.2) is 0 Å². The number of nitrogens with zero attached hydrogens (tertiary/aromatic N) is 2. The summed E-state index contributed by atoms with van der Waals surface area (Å²) in [6.07, 6.45) is 3.80. The first-order valence-electron chi connectivity index (χ1n) is 12.3. The van der Waals surface area contributed by atoms with Gasteiger partial charge in [-0.05, 0) is 122 Å². The van der Waals surface area contributed by atoms with Gasteiger partial charge in [-0.1, -0.05) is 0 Å². The molecule has 3 aromatic rings. The second kappa shape index (κ2) is 8.89. The molecule has 0 saturated carbocycles. The van der Waals surface area contributed by atoms with E-state index in [1.165, 1.54) is 62.5 Å². The van der Waals surface area contributed by atoms with Gasteiger partial charge in [-0.15, -0.1) is 0 Å². The maximum atomic E-state index is 12.2. The lowest BCUT2D eigenvalue weighted by molar-refractivity contribution is -0.122. The topological polar surface area (TPSA) is 35.6 Å². The van der Waals surface area contributed by atoms with Crippen molar-refractivity contribution in [3.05, 3.63) is 47.0 Å². The van der Waals surface area contributed by atoms with Crippen LogP contribution < -0.4 is 15.1 Å². The number of hydrogen-bond acceptors (Lipinski definition) is 3. The van der Waals surface area contributed by atoms with Gasteiger partial charge in [0.05, 0.1) is 0 Å². The number of fused-ring (bicyclic) bond motifs is 3. The third-order valence-corrected chi connectivity index (χ3v) is 6.94. The molecule has 1 heterocycles. The highest BCUT2D eigenvalue weighted by Gasteiger charge is 2.19. The number of benzene rings is 3. The molecule has 1 aliphatic rings. The van der Waals surface area contributed by atoms with E-state index in [1.54, 1.807) is 0 Å². The largest absolute Gasteiger partial charge is 0.374 e. The van der Waals surface area contributed by atoms with Crippen LogP contribution in [0.1, 0.15) is 56.7 Å². The molecule has 0 radical (unpaired) electrons. The number of hydrogen-bond donors (Lipinski definition) is 1. The molecule has 4 rings (SSSR count). The number of carbonyl (C=O) groups excluding carboxylic acids is 1. The van der Waals surface area contributed by atoms with Crippen LogP contribution in [0.25, 0.3) is 21.5 Å². The van der Waals surface area contributed by atoms with Gasteiger partial charge in [-0.2, -0.15) is 0 Å². The van der Waals surface area contributed by atoms with Crippen molar-refractivity contribution in [2.45, 2.75) is 65.8 Å². The van der Waals surface area contributed by atoms with Crippen molar-refractivity contribution in [1.82, 2.24) is 5.32 Å². The summed E-state index contributed by atoms with van der Waals surface area (Å²) in [5.41, 5.74) is 6.68. The Morgan fingerprint density at radius 3 is 2.52 bits per heavy atom. The minimum absolute atomic E-state index is 0.126. The summed E-state index contributed by atoms with van der Waals surface area (Å²) in [7, 11) is 4.34. The minimum atomic E-state index is -0.174. The molecule has 33 heavy (non-hydrogen) atoms. The summed E-state index contributed by atoms with van der Waals surface area (Å²) >= 11 is 0. The number of aryl methyl sites for hydroxylation is 2. The van der Waals surface area contributed by atoms with Crippen LogP contribution in [0.3, 0.4) is 0 Å². The van der Waals surface area contributed by atoms with E-state index < -0.39 is 0 Å². The fourth-order valence-electron chi connectivity index (χ4n) is 5.26. The van der Waals surface area contributed by atoms with E-state index in [2.05, 4.69) is 73.4 Å². The van der Waals surface area contributed by atoms with Gasteiger partial charge >= 0.3 is 0 Å². The molecule has 176 valence electrons. The van der Waals surface area contributed by atoms with Gasteiger partial charge in [0, 0.05) is 50.5 Å². The molecular formula is C29H39N3O. The van der Waals surface area contributed by atoms with E-state index in [1.807, 2.05) is 20.8 Å². The van der Waals surface area contributed by atoms with Crippen LogP contribution >= 0.6 is 0 Å². The maximum Gasteiger partial charge on any atom is 0.220 e. The molecule has 4 nitrogen and oxygen atoms in total. The molecule has 0 saturated heterocycles. The Morgan fingerprint density at radius 2 is 1.79 bits per heavy atom. The molecule has 1 aliphatic heterocycles. The summed E-state index contributed by atoms with van der Waals surface area (Å²) in [5.74, 6) is 0.126. The molecule has 1 amide bonds. The van der Waals surface area contributed by atoms with Crippen molar-refractivity contribution in [2.24, 2.45) is 0 Å². The van der Waals surface area contributed by atoms with Crippen molar-refractivity contribution in [2.75, 3.05) is 37.0 Å². The second-order valence-corrected chi connectivity index (χ2v) is 10.9. The molecular weight excluding hydrogens is 406 g/mol. The van der Waals surface area contributed by atoms with Crippen LogP contribution in [0.5, 0.6) is 0 Å². The predicted molar refractivity (Wildman–Crippen MR) is 143 cm³/mol. The van der Waals surface area contributed by atoms with Crippen LogP contribution in [-0.2, 0) is 11.2 Å². The first-order chi connectivity index (χ1) is 15.5. The number of amides is 1. The van der Waals surface area contributed by atoms with E-state index in [-0.39, 0.29) is 11.4 Å². The lowest BCUT2D eigenvalue weighted by atomic mass is 9.90. The minimum Gasteiger partial charge on any atom is -0.374 e. The molecule has 0 spiro atoms. The van der Waals surface area contributed by atoms with E-state index in [0.717, 1.165) is 19.5 Å². The Morgan fingerprint density at radius 1 is 1.06 bits per heavy atom. The Balaban J connectivity index is 1.60. The number of anilines is 2. The van der Waals surface area contributed by atoms with E-state index in [4.69, 9.17) is 0 Å². The highest BCUT2D eigenvalue weighted by molar-refractivity contribution is 6.03. The zero-order valence-corrected chi connectivity index (χ0v) is 21.4. The summed E-state index contributed by atoms with van der Waals surface area (Å²) in [4.78, 5) is 16.9. The normalized spacial score (nSPS) is 14.0. The first kappa shape index (κ1) is 23.4. The van der Waals surface area contributed by atoms with Crippen LogP contribution in [0.2, 0.25) is 0 Å². The molecule has 0 atom stereocenters. The van der Waals surface area contributed by atoms with Gasteiger partial charge in [0.2, 0.25) is 5.91 Å². The lowest BCUT2D eigenvalue weighted by Crippen LogP contribution is -2.40.